The Kier molecular flexibility index (Phi) is 5.87. The third kappa shape index (κ3) is 3.95. The van der Waals surface area contributed by atoms with Gasteiger partial charge in [0.15, 0.2) is 5.78 Å². The van der Waals surface area contributed by atoms with Crippen LogP contribution in [0.4, 0.5) is 0 Å². The first kappa shape index (κ1) is 16.2. The molecular formula is C14H20Cl2N2OS. The Balaban J connectivity index is 1.90. The van der Waals surface area contributed by atoms with Gasteiger partial charge in [-0.05, 0) is 45.6 Å². The molecule has 0 unspecified atom stereocenters. The maximum absolute atomic E-state index is 12.3. The molecule has 2 heterocycles. The Bertz CT molecular complexity index is 470. The van der Waals surface area contributed by atoms with E-state index in [-0.39, 0.29) is 5.78 Å². The summed E-state index contributed by atoms with van der Waals surface area (Å²) in [6, 6.07) is 2.15. The molecule has 1 aromatic rings. The molecule has 20 heavy (non-hydrogen) atoms. The van der Waals surface area contributed by atoms with E-state index in [4.69, 9.17) is 23.2 Å². The first-order chi connectivity index (χ1) is 9.51. The van der Waals surface area contributed by atoms with Crippen LogP contribution in [0.15, 0.2) is 6.07 Å². The molecule has 0 amide bonds. The standard InChI is InChI=1S/C14H20Cl2N2OS/c1-3-18-6-4-10(5-7-18)17(2)9-12(19)11-8-13(15)20-14(11)16/h8,10H,3-7,9H2,1-2H3. The summed E-state index contributed by atoms with van der Waals surface area (Å²) in [5, 5.41) is 0. The summed E-state index contributed by atoms with van der Waals surface area (Å²) in [4.78, 5) is 16.9. The van der Waals surface area contributed by atoms with Crippen LogP contribution in [-0.4, -0.2) is 54.9 Å². The lowest BCUT2D eigenvalue weighted by molar-refractivity contribution is 0.0859. The zero-order chi connectivity index (χ0) is 14.7. The second-order valence-corrected chi connectivity index (χ2v) is 7.53. The van der Waals surface area contributed by atoms with E-state index in [1.807, 2.05) is 7.05 Å². The number of halogens is 2. The van der Waals surface area contributed by atoms with E-state index >= 15 is 0 Å². The number of hydrogen-bond donors (Lipinski definition) is 0. The van der Waals surface area contributed by atoms with Gasteiger partial charge in [-0.2, -0.15) is 0 Å². The lowest BCUT2D eigenvalue weighted by Gasteiger charge is -2.36. The van der Waals surface area contributed by atoms with Gasteiger partial charge in [-0.25, -0.2) is 0 Å². The largest absolute Gasteiger partial charge is 0.303 e. The molecule has 1 aliphatic heterocycles. The Morgan fingerprint density at radius 1 is 1.45 bits per heavy atom. The highest BCUT2D eigenvalue weighted by Gasteiger charge is 2.24. The number of thiophene rings is 1. The number of rotatable bonds is 5. The van der Waals surface area contributed by atoms with Crippen LogP contribution in [0, 0.1) is 0 Å². The molecule has 0 N–H and O–H groups in total. The van der Waals surface area contributed by atoms with E-state index in [0.717, 1.165) is 32.5 Å². The van der Waals surface area contributed by atoms with Crippen molar-refractivity contribution in [3.8, 4) is 0 Å². The molecule has 6 heteroatoms. The molecule has 1 aliphatic rings. The molecule has 0 atom stereocenters. The molecule has 0 bridgehead atoms. The summed E-state index contributed by atoms with van der Waals surface area (Å²) in [5.74, 6) is 0.0542. The van der Waals surface area contributed by atoms with Gasteiger partial charge in [0.25, 0.3) is 0 Å². The fraction of sp³-hybridized carbons (Fsp3) is 0.643. The number of hydrogen-bond acceptors (Lipinski definition) is 4. The summed E-state index contributed by atoms with van der Waals surface area (Å²) in [6.45, 7) is 5.94. The Labute approximate surface area is 134 Å². The van der Waals surface area contributed by atoms with Crippen LogP contribution in [0.25, 0.3) is 0 Å². The van der Waals surface area contributed by atoms with E-state index in [9.17, 15) is 4.79 Å². The highest BCUT2D eigenvalue weighted by Crippen LogP contribution is 2.31. The quantitative estimate of drug-likeness (QED) is 0.768. The van der Waals surface area contributed by atoms with E-state index in [2.05, 4.69) is 16.7 Å². The van der Waals surface area contributed by atoms with Crippen molar-refractivity contribution in [2.24, 2.45) is 0 Å². The predicted octanol–water partition coefficient (Wildman–Crippen LogP) is 3.65. The second kappa shape index (κ2) is 7.23. The zero-order valence-corrected chi connectivity index (χ0v) is 14.2. The molecule has 0 spiro atoms. The first-order valence-corrected chi connectivity index (χ1v) is 8.49. The van der Waals surface area contributed by atoms with Crippen LogP contribution in [-0.2, 0) is 0 Å². The van der Waals surface area contributed by atoms with Crippen molar-refractivity contribution < 1.29 is 4.79 Å². The molecule has 0 saturated carbocycles. The van der Waals surface area contributed by atoms with E-state index in [1.54, 1.807) is 6.07 Å². The number of Topliss-reactive ketones (excluding diaryl/α,β-unsaturated/α-hetero) is 1. The van der Waals surface area contributed by atoms with Crippen LogP contribution in [0.3, 0.4) is 0 Å². The molecular weight excluding hydrogens is 315 g/mol. The fourth-order valence-electron chi connectivity index (χ4n) is 2.65. The Hall–Kier alpha value is -0.130. The van der Waals surface area contributed by atoms with Gasteiger partial charge < -0.3 is 4.90 Å². The maximum Gasteiger partial charge on any atom is 0.179 e. The number of carbonyl (C=O) groups is 1. The van der Waals surface area contributed by atoms with Crippen LogP contribution in [0.1, 0.15) is 30.1 Å². The van der Waals surface area contributed by atoms with E-state index < -0.39 is 0 Å². The van der Waals surface area contributed by atoms with Gasteiger partial charge in [0, 0.05) is 6.04 Å². The smallest absolute Gasteiger partial charge is 0.179 e. The summed E-state index contributed by atoms with van der Waals surface area (Å²) in [7, 11) is 2.02. The van der Waals surface area contributed by atoms with Crippen molar-refractivity contribution >= 4 is 40.3 Å². The number of likely N-dealkylation sites (tertiary alicyclic amines) is 1. The molecule has 1 aromatic heterocycles. The maximum atomic E-state index is 12.3. The molecule has 112 valence electrons. The number of nitrogens with zero attached hydrogens (tertiary/aromatic N) is 2. The van der Waals surface area contributed by atoms with Gasteiger partial charge in [0.2, 0.25) is 0 Å². The topological polar surface area (TPSA) is 23.6 Å². The predicted molar refractivity (Wildman–Crippen MR) is 86.4 cm³/mol. The molecule has 3 nitrogen and oxygen atoms in total. The average Bonchev–Trinajstić information content (AvgIpc) is 2.78. The number of likely N-dealkylation sites (N-methyl/N-ethyl adjacent to an activating group) is 1. The summed E-state index contributed by atoms with van der Waals surface area (Å²) in [6.07, 6.45) is 2.24. The fourth-order valence-corrected chi connectivity index (χ4v) is 4.15. The van der Waals surface area contributed by atoms with Crippen LogP contribution in [0.2, 0.25) is 8.67 Å². The Morgan fingerprint density at radius 2 is 2.10 bits per heavy atom. The van der Waals surface area contributed by atoms with Crippen molar-refractivity contribution in [3.05, 3.63) is 20.3 Å². The van der Waals surface area contributed by atoms with Crippen LogP contribution < -0.4 is 0 Å². The van der Waals surface area contributed by atoms with Crippen LogP contribution in [0.5, 0.6) is 0 Å². The summed E-state index contributed by atoms with van der Waals surface area (Å²) >= 11 is 13.2. The van der Waals surface area contributed by atoms with E-state index in [1.165, 1.54) is 11.3 Å². The van der Waals surface area contributed by atoms with Crippen molar-refractivity contribution in [1.82, 2.24) is 9.80 Å². The zero-order valence-electron chi connectivity index (χ0n) is 11.9. The molecule has 0 radical (unpaired) electrons. The molecule has 1 fully saturated rings. The van der Waals surface area contributed by atoms with Crippen molar-refractivity contribution in [2.75, 3.05) is 33.2 Å². The van der Waals surface area contributed by atoms with Crippen molar-refractivity contribution in [3.63, 3.8) is 0 Å². The Morgan fingerprint density at radius 3 is 2.60 bits per heavy atom. The minimum Gasteiger partial charge on any atom is -0.303 e. The highest BCUT2D eigenvalue weighted by atomic mass is 35.5. The number of carbonyl (C=O) groups excluding carboxylic acids is 1. The molecule has 2 rings (SSSR count). The minimum absolute atomic E-state index is 0.0542. The van der Waals surface area contributed by atoms with Crippen LogP contribution >= 0.6 is 34.5 Å². The molecule has 0 aliphatic carbocycles. The van der Waals surface area contributed by atoms with E-state index in [0.29, 0.717) is 26.8 Å². The lowest BCUT2D eigenvalue weighted by atomic mass is 10.0. The SMILES string of the molecule is CCN1CCC(N(C)CC(=O)c2cc(Cl)sc2Cl)CC1. The minimum atomic E-state index is 0.0542. The van der Waals surface area contributed by atoms with Gasteiger partial charge in [-0.1, -0.05) is 30.1 Å². The number of piperidine rings is 1. The van der Waals surface area contributed by atoms with Crippen molar-refractivity contribution in [1.29, 1.82) is 0 Å². The highest BCUT2D eigenvalue weighted by molar-refractivity contribution is 7.20. The average molecular weight is 335 g/mol. The lowest BCUT2D eigenvalue weighted by Crippen LogP contribution is -2.44. The normalized spacial score (nSPS) is 17.9. The van der Waals surface area contributed by atoms with Gasteiger partial charge in [-0.3, -0.25) is 9.69 Å². The number of ketones is 1. The van der Waals surface area contributed by atoms with Gasteiger partial charge >= 0.3 is 0 Å². The van der Waals surface area contributed by atoms with Gasteiger partial charge in [-0.15, -0.1) is 11.3 Å². The summed E-state index contributed by atoms with van der Waals surface area (Å²) < 4.78 is 1.06. The first-order valence-electron chi connectivity index (χ1n) is 6.92. The monoisotopic (exact) mass is 334 g/mol. The third-order valence-corrected chi connectivity index (χ3v) is 5.47. The second-order valence-electron chi connectivity index (χ2n) is 5.24. The molecule has 1 saturated heterocycles. The van der Waals surface area contributed by atoms with Gasteiger partial charge in [0.05, 0.1) is 16.4 Å². The van der Waals surface area contributed by atoms with Crippen molar-refractivity contribution in [2.45, 2.75) is 25.8 Å². The third-order valence-electron chi connectivity index (χ3n) is 3.98. The van der Waals surface area contributed by atoms with Gasteiger partial charge in [0.1, 0.15) is 4.34 Å². The summed E-state index contributed by atoms with van der Waals surface area (Å²) in [5.41, 5.74) is 0.555. The molecule has 0 aromatic carbocycles.